The van der Waals surface area contributed by atoms with Crippen LogP contribution in [0.1, 0.15) is 32.0 Å². The van der Waals surface area contributed by atoms with Gasteiger partial charge in [-0.05, 0) is 37.1 Å². The van der Waals surface area contributed by atoms with Gasteiger partial charge in [0.25, 0.3) is 0 Å². The van der Waals surface area contributed by atoms with Crippen LogP contribution in [0.4, 0.5) is 11.5 Å². The Kier molecular flexibility index (Phi) is 3.88. The number of anilines is 2. The maximum atomic E-state index is 4.42. The van der Waals surface area contributed by atoms with Gasteiger partial charge in [-0.3, -0.25) is 0 Å². The van der Waals surface area contributed by atoms with Crippen molar-refractivity contribution in [3.63, 3.8) is 0 Å². The monoisotopic (exact) mass is 282 g/mol. The molecule has 0 bridgehead atoms. The zero-order valence-corrected chi connectivity index (χ0v) is 12.9. The summed E-state index contributed by atoms with van der Waals surface area (Å²) in [6, 6.07) is 13.6. The third-order valence-electron chi connectivity index (χ3n) is 3.85. The fourth-order valence-electron chi connectivity index (χ4n) is 2.80. The molecule has 0 radical (unpaired) electrons. The van der Waals surface area contributed by atoms with Crippen LogP contribution in [0.5, 0.6) is 0 Å². The van der Waals surface area contributed by atoms with Crippen molar-refractivity contribution in [2.24, 2.45) is 0 Å². The van der Waals surface area contributed by atoms with E-state index in [0.29, 0.717) is 12.1 Å². The highest BCUT2D eigenvalue weighted by Crippen LogP contribution is 2.36. The van der Waals surface area contributed by atoms with Crippen molar-refractivity contribution >= 4 is 11.5 Å². The van der Waals surface area contributed by atoms with Crippen molar-refractivity contribution in [1.82, 2.24) is 15.5 Å². The summed E-state index contributed by atoms with van der Waals surface area (Å²) < 4.78 is 0. The van der Waals surface area contributed by atoms with Gasteiger partial charge in [0.1, 0.15) is 0 Å². The number of hydrogen-bond acceptors (Lipinski definition) is 4. The van der Waals surface area contributed by atoms with Crippen LogP contribution in [0, 0.1) is 0 Å². The predicted octanol–water partition coefficient (Wildman–Crippen LogP) is 3.06. The maximum absolute atomic E-state index is 4.42. The van der Waals surface area contributed by atoms with Crippen LogP contribution in [0.15, 0.2) is 36.4 Å². The lowest BCUT2D eigenvalue weighted by Crippen LogP contribution is -2.26. The fraction of sp³-hybridized carbons (Fsp3) is 0.412. The molecule has 110 valence electrons. The minimum Gasteiger partial charge on any atom is -0.321 e. The molecule has 21 heavy (non-hydrogen) atoms. The molecule has 3 rings (SSSR count). The number of para-hydroxylation sites is 1. The molecule has 1 unspecified atom stereocenters. The van der Waals surface area contributed by atoms with Gasteiger partial charge < -0.3 is 10.2 Å². The Hall–Kier alpha value is -1.94. The van der Waals surface area contributed by atoms with E-state index in [1.54, 1.807) is 0 Å². The van der Waals surface area contributed by atoms with Crippen molar-refractivity contribution in [2.45, 2.75) is 45.8 Å². The molecule has 1 aromatic carbocycles. The van der Waals surface area contributed by atoms with Gasteiger partial charge in [0.05, 0.1) is 5.69 Å². The topological polar surface area (TPSA) is 41.0 Å². The molecule has 1 N–H and O–H groups in total. The Bertz CT molecular complexity index is 606. The van der Waals surface area contributed by atoms with Gasteiger partial charge in [-0.1, -0.05) is 32.0 Å². The van der Waals surface area contributed by atoms with Gasteiger partial charge in [0, 0.05) is 24.3 Å². The quantitative estimate of drug-likeness (QED) is 0.935. The van der Waals surface area contributed by atoms with E-state index >= 15 is 0 Å². The van der Waals surface area contributed by atoms with Crippen LogP contribution in [-0.4, -0.2) is 22.3 Å². The SMILES string of the molecule is CC(C)NCc1ccc(N2c3ccccc3CC2C)nn1. The molecule has 2 heterocycles. The van der Waals surface area contributed by atoms with Crippen LogP contribution in [-0.2, 0) is 13.0 Å². The van der Waals surface area contributed by atoms with E-state index in [1.165, 1.54) is 11.3 Å². The van der Waals surface area contributed by atoms with Gasteiger partial charge in [-0.25, -0.2) is 0 Å². The minimum absolute atomic E-state index is 0.427. The third kappa shape index (κ3) is 2.90. The summed E-state index contributed by atoms with van der Waals surface area (Å²) in [5.41, 5.74) is 3.62. The summed E-state index contributed by atoms with van der Waals surface area (Å²) in [7, 11) is 0. The summed E-state index contributed by atoms with van der Waals surface area (Å²) in [6.45, 7) is 7.25. The summed E-state index contributed by atoms with van der Waals surface area (Å²) in [5.74, 6) is 0.931. The fourth-order valence-corrected chi connectivity index (χ4v) is 2.80. The molecular formula is C17H22N4. The smallest absolute Gasteiger partial charge is 0.155 e. The second-order valence-corrected chi connectivity index (χ2v) is 5.97. The van der Waals surface area contributed by atoms with Gasteiger partial charge in [0.2, 0.25) is 0 Å². The van der Waals surface area contributed by atoms with E-state index in [9.17, 15) is 0 Å². The van der Waals surface area contributed by atoms with Gasteiger partial charge in [-0.15, -0.1) is 5.10 Å². The minimum atomic E-state index is 0.427. The van der Waals surface area contributed by atoms with Crippen LogP contribution >= 0.6 is 0 Å². The zero-order valence-electron chi connectivity index (χ0n) is 12.9. The first-order valence-corrected chi connectivity index (χ1v) is 7.58. The van der Waals surface area contributed by atoms with Crippen molar-refractivity contribution in [3.05, 3.63) is 47.7 Å². The number of benzene rings is 1. The maximum Gasteiger partial charge on any atom is 0.155 e. The number of nitrogens with one attached hydrogen (secondary N) is 1. The van der Waals surface area contributed by atoms with E-state index < -0.39 is 0 Å². The summed E-state index contributed by atoms with van der Waals surface area (Å²) in [6.07, 6.45) is 1.06. The first-order valence-electron chi connectivity index (χ1n) is 7.58. The number of aromatic nitrogens is 2. The summed E-state index contributed by atoms with van der Waals surface area (Å²) >= 11 is 0. The lowest BCUT2D eigenvalue weighted by Gasteiger charge is -2.23. The molecule has 1 aliphatic rings. The average Bonchev–Trinajstić information content (AvgIpc) is 2.81. The van der Waals surface area contributed by atoms with Gasteiger partial charge in [-0.2, -0.15) is 5.10 Å². The molecule has 0 saturated carbocycles. The third-order valence-corrected chi connectivity index (χ3v) is 3.85. The van der Waals surface area contributed by atoms with E-state index in [2.05, 4.69) is 77.6 Å². The van der Waals surface area contributed by atoms with Crippen molar-refractivity contribution in [3.8, 4) is 0 Å². The molecule has 0 amide bonds. The molecule has 0 fully saturated rings. The number of rotatable bonds is 4. The Morgan fingerprint density at radius 3 is 2.71 bits per heavy atom. The van der Waals surface area contributed by atoms with E-state index in [0.717, 1.165) is 24.5 Å². The van der Waals surface area contributed by atoms with E-state index in [-0.39, 0.29) is 0 Å². The molecular weight excluding hydrogens is 260 g/mol. The first-order chi connectivity index (χ1) is 10.1. The zero-order chi connectivity index (χ0) is 14.8. The Morgan fingerprint density at radius 2 is 2.00 bits per heavy atom. The van der Waals surface area contributed by atoms with Crippen molar-refractivity contribution in [2.75, 3.05) is 4.90 Å². The van der Waals surface area contributed by atoms with E-state index in [4.69, 9.17) is 0 Å². The Balaban J connectivity index is 1.81. The molecule has 0 spiro atoms. The average molecular weight is 282 g/mol. The normalized spacial score (nSPS) is 17.3. The molecule has 1 aliphatic heterocycles. The van der Waals surface area contributed by atoms with Gasteiger partial charge in [0.15, 0.2) is 5.82 Å². The Morgan fingerprint density at radius 1 is 1.19 bits per heavy atom. The highest BCUT2D eigenvalue weighted by atomic mass is 15.3. The van der Waals surface area contributed by atoms with E-state index in [1.807, 2.05) is 0 Å². The van der Waals surface area contributed by atoms with Crippen molar-refractivity contribution < 1.29 is 0 Å². The molecule has 0 saturated heterocycles. The second-order valence-electron chi connectivity index (χ2n) is 5.97. The lowest BCUT2D eigenvalue weighted by molar-refractivity contribution is 0.577. The molecule has 1 aromatic heterocycles. The van der Waals surface area contributed by atoms with Crippen LogP contribution in [0.3, 0.4) is 0 Å². The molecule has 0 aliphatic carbocycles. The van der Waals surface area contributed by atoms with Crippen molar-refractivity contribution in [1.29, 1.82) is 0 Å². The molecule has 4 nitrogen and oxygen atoms in total. The first kappa shape index (κ1) is 14.0. The number of nitrogens with zero attached hydrogens (tertiary/aromatic N) is 3. The van der Waals surface area contributed by atoms with Crippen LogP contribution in [0.25, 0.3) is 0 Å². The Labute approximate surface area is 126 Å². The largest absolute Gasteiger partial charge is 0.321 e. The number of fused-ring (bicyclic) bond motifs is 1. The highest BCUT2D eigenvalue weighted by Gasteiger charge is 2.27. The highest BCUT2D eigenvalue weighted by molar-refractivity contribution is 5.68. The molecule has 4 heteroatoms. The number of hydrogen-bond donors (Lipinski definition) is 1. The predicted molar refractivity (Wildman–Crippen MR) is 85.8 cm³/mol. The molecule has 2 aromatic rings. The van der Waals surface area contributed by atoms with Gasteiger partial charge >= 0.3 is 0 Å². The van der Waals surface area contributed by atoms with Crippen LogP contribution < -0.4 is 10.2 Å². The van der Waals surface area contributed by atoms with Crippen LogP contribution in [0.2, 0.25) is 0 Å². The second kappa shape index (κ2) is 5.82. The standard InChI is InChI=1S/C17H22N4/c1-12(2)18-11-15-8-9-17(20-19-15)21-13(3)10-14-6-4-5-7-16(14)21/h4-9,12-13,18H,10-11H2,1-3H3. The lowest BCUT2D eigenvalue weighted by atomic mass is 10.1. The summed E-state index contributed by atoms with van der Waals surface area (Å²) in [4.78, 5) is 2.28. The molecule has 1 atom stereocenters. The summed E-state index contributed by atoms with van der Waals surface area (Å²) in [5, 5.41) is 12.1.